The van der Waals surface area contributed by atoms with E-state index in [1.54, 1.807) is 0 Å². The van der Waals surface area contributed by atoms with E-state index in [0.29, 0.717) is 0 Å². The molecule has 3 heteroatoms. The Labute approximate surface area is 96.1 Å². The van der Waals surface area contributed by atoms with E-state index >= 15 is 0 Å². The van der Waals surface area contributed by atoms with Crippen LogP contribution in [0.15, 0.2) is 36.4 Å². The predicted octanol–water partition coefficient (Wildman–Crippen LogP) is 3.71. The van der Waals surface area contributed by atoms with Gasteiger partial charge in [0.25, 0.3) is 0 Å². The summed E-state index contributed by atoms with van der Waals surface area (Å²) in [4.78, 5) is 4.45. The third-order valence-corrected chi connectivity index (χ3v) is 2.37. The topological polar surface area (TPSA) is 12.9 Å². The van der Waals surface area contributed by atoms with Crippen molar-refractivity contribution in [2.45, 2.75) is 5.33 Å². The molecule has 0 aliphatic carbocycles. The zero-order valence-corrected chi connectivity index (χ0v) is 10.2. The van der Waals surface area contributed by atoms with Crippen LogP contribution in [0.4, 0.5) is 0 Å². The minimum atomic E-state index is 0. The molecular formula is C10H9Br2N. The fraction of sp³-hybridized carbons (Fsp3) is 0.100. The summed E-state index contributed by atoms with van der Waals surface area (Å²) in [6.07, 6.45) is 0. The number of para-hydroxylation sites is 1. The molecule has 0 spiro atoms. The molecule has 1 aromatic carbocycles. The monoisotopic (exact) mass is 301 g/mol. The van der Waals surface area contributed by atoms with Gasteiger partial charge in [-0.2, -0.15) is 0 Å². The largest absolute Gasteiger partial charge is 0.252 e. The molecule has 0 aliphatic heterocycles. The second-order valence-corrected chi connectivity index (χ2v) is 3.19. The van der Waals surface area contributed by atoms with Crippen LogP contribution in [0.1, 0.15) is 5.69 Å². The van der Waals surface area contributed by atoms with Gasteiger partial charge in [0, 0.05) is 10.7 Å². The van der Waals surface area contributed by atoms with Gasteiger partial charge in [0.2, 0.25) is 0 Å². The molecule has 2 rings (SSSR count). The van der Waals surface area contributed by atoms with Crippen LogP contribution in [-0.4, -0.2) is 4.98 Å². The molecule has 2 aromatic rings. The molecule has 0 atom stereocenters. The Morgan fingerprint density at radius 1 is 1.08 bits per heavy atom. The molecule has 0 fully saturated rings. The summed E-state index contributed by atoms with van der Waals surface area (Å²) in [6, 6.07) is 12.3. The van der Waals surface area contributed by atoms with Crippen LogP contribution >= 0.6 is 32.9 Å². The van der Waals surface area contributed by atoms with Gasteiger partial charge in [-0.05, 0) is 12.1 Å². The fourth-order valence-corrected chi connectivity index (χ4v) is 1.49. The summed E-state index contributed by atoms with van der Waals surface area (Å²) >= 11 is 3.38. The fourth-order valence-electron chi connectivity index (χ4n) is 1.18. The molecule has 13 heavy (non-hydrogen) atoms. The lowest BCUT2D eigenvalue weighted by atomic mass is 10.2. The van der Waals surface area contributed by atoms with Crippen molar-refractivity contribution < 1.29 is 0 Å². The van der Waals surface area contributed by atoms with Gasteiger partial charge in [-0.15, -0.1) is 17.0 Å². The van der Waals surface area contributed by atoms with E-state index in [1.807, 2.05) is 24.3 Å². The average Bonchev–Trinajstić information content (AvgIpc) is 2.17. The minimum Gasteiger partial charge on any atom is -0.252 e. The Balaban J connectivity index is 0.000000845. The second-order valence-electron chi connectivity index (χ2n) is 2.63. The highest BCUT2D eigenvalue weighted by atomic mass is 79.9. The van der Waals surface area contributed by atoms with Crippen molar-refractivity contribution >= 4 is 43.8 Å². The van der Waals surface area contributed by atoms with E-state index in [2.05, 4.69) is 33.0 Å². The van der Waals surface area contributed by atoms with Gasteiger partial charge in [-0.1, -0.05) is 40.2 Å². The summed E-state index contributed by atoms with van der Waals surface area (Å²) in [5.74, 6) is 0. The number of rotatable bonds is 1. The molecule has 0 saturated heterocycles. The van der Waals surface area contributed by atoms with Crippen LogP contribution in [0, 0.1) is 0 Å². The molecule has 0 radical (unpaired) electrons. The summed E-state index contributed by atoms with van der Waals surface area (Å²) in [5.41, 5.74) is 2.14. The smallest absolute Gasteiger partial charge is 0.0705 e. The molecule has 0 aliphatic rings. The van der Waals surface area contributed by atoms with Crippen molar-refractivity contribution in [3.05, 3.63) is 42.1 Å². The van der Waals surface area contributed by atoms with Crippen LogP contribution in [0.2, 0.25) is 0 Å². The lowest BCUT2D eigenvalue weighted by Crippen LogP contribution is -1.84. The van der Waals surface area contributed by atoms with Crippen LogP contribution in [0.3, 0.4) is 0 Å². The Bertz CT molecular complexity index is 401. The highest BCUT2D eigenvalue weighted by molar-refractivity contribution is 9.08. The third kappa shape index (κ3) is 2.29. The lowest BCUT2D eigenvalue weighted by Gasteiger charge is -1.98. The maximum Gasteiger partial charge on any atom is 0.0705 e. The van der Waals surface area contributed by atoms with Crippen molar-refractivity contribution in [3.8, 4) is 0 Å². The van der Waals surface area contributed by atoms with Gasteiger partial charge in [-0.3, -0.25) is 4.98 Å². The molecule has 0 unspecified atom stereocenters. The first kappa shape index (κ1) is 10.7. The van der Waals surface area contributed by atoms with Crippen molar-refractivity contribution in [1.29, 1.82) is 0 Å². The number of hydrogen-bond donors (Lipinski definition) is 0. The first-order valence-corrected chi connectivity index (χ1v) is 4.93. The highest BCUT2D eigenvalue weighted by Crippen LogP contribution is 2.12. The number of benzene rings is 1. The van der Waals surface area contributed by atoms with E-state index in [1.165, 1.54) is 5.39 Å². The summed E-state index contributed by atoms with van der Waals surface area (Å²) in [5, 5.41) is 2.01. The average molecular weight is 303 g/mol. The van der Waals surface area contributed by atoms with Crippen molar-refractivity contribution in [2.24, 2.45) is 0 Å². The summed E-state index contributed by atoms with van der Waals surface area (Å²) < 4.78 is 0. The maximum atomic E-state index is 4.45. The van der Waals surface area contributed by atoms with Crippen molar-refractivity contribution in [3.63, 3.8) is 0 Å². The van der Waals surface area contributed by atoms with E-state index < -0.39 is 0 Å². The number of pyridine rings is 1. The SMILES string of the molecule is Br.BrCc1ccc2ccccc2n1. The van der Waals surface area contributed by atoms with E-state index in [9.17, 15) is 0 Å². The van der Waals surface area contributed by atoms with E-state index in [0.717, 1.165) is 16.5 Å². The lowest BCUT2D eigenvalue weighted by molar-refractivity contribution is 1.24. The first-order chi connectivity index (χ1) is 5.90. The number of halogens is 2. The van der Waals surface area contributed by atoms with Gasteiger partial charge in [0.1, 0.15) is 0 Å². The molecule has 0 bridgehead atoms. The molecule has 1 aromatic heterocycles. The van der Waals surface area contributed by atoms with Crippen LogP contribution < -0.4 is 0 Å². The Morgan fingerprint density at radius 2 is 1.85 bits per heavy atom. The minimum absolute atomic E-state index is 0. The molecule has 68 valence electrons. The number of aromatic nitrogens is 1. The zero-order chi connectivity index (χ0) is 8.39. The second kappa shape index (κ2) is 4.72. The maximum absolute atomic E-state index is 4.45. The molecule has 1 heterocycles. The quantitative estimate of drug-likeness (QED) is 0.732. The third-order valence-electron chi connectivity index (χ3n) is 1.79. The predicted molar refractivity (Wildman–Crippen MR) is 64.7 cm³/mol. The molecule has 0 amide bonds. The van der Waals surface area contributed by atoms with Crippen LogP contribution in [0.25, 0.3) is 10.9 Å². The number of hydrogen-bond acceptors (Lipinski definition) is 1. The van der Waals surface area contributed by atoms with Gasteiger partial charge in [0.05, 0.1) is 11.2 Å². The van der Waals surface area contributed by atoms with Crippen molar-refractivity contribution in [1.82, 2.24) is 4.98 Å². The zero-order valence-electron chi connectivity index (χ0n) is 6.90. The van der Waals surface area contributed by atoms with Gasteiger partial charge < -0.3 is 0 Å². The normalized spacial score (nSPS) is 9.62. The number of nitrogens with zero attached hydrogens (tertiary/aromatic N) is 1. The molecular weight excluding hydrogens is 294 g/mol. The van der Waals surface area contributed by atoms with Gasteiger partial charge in [0.15, 0.2) is 0 Å². The number of fused-ring (bicyclic) bond motifs is 1. The van der Waals surface area contributed by atoms with E-state index in [-0.39, 0.29) is 17.0 Å². The van der Waals surface area contributed by atoms with Gasteiger partial charge in [-0.25, -0.2) is 0 Å². The Hall–Kier alpha value is -0.410. The Morgan fingerprint density at radius 3 is 2.62 bits per heavy atom. The summed E-state index contributed by atoms with van der Waals surface area (Å²) in [6.45, 7) is 0. The standard InChI is InChI=1S/C10H8BrN.BrH/c11-7-9-6-5-8-3-1-2-4-10(8)12-9;/h1-6H,7H2;1H. The van der Waals surface area contributed by atoms with Gasteiger partial charge >= 0.3 is 0 Å². The first-order valence-electron chi connectivity index (χ1n) is 3.81. The Kier molecular flexibility index (Phi) is 3.88. The summed E-state index contributed by atoms with van der Waals surface area (Å²) in [7, 11) is 0. The van der Waals surface area contributed by atoms with Crippen LogP contribution in [0.5, 0.6) is 0 Å². The molecule has 0 N–H and O–H groups in total. The van der Waals surface area contributed by atoms with E-state index in [4.69, 9.17) is 0 Å². The molecule has 0 saturated carbocycles. The molecule has 1 nitrogen and oxygen atoms in total. The highest BCUT2D eigenvalue weighted by Gasteiger charge is 1.94. The number of alkyl halides is 1. The van der Waals surface area contributed by atoms with Crippen LogP contribution in [-0.2, 0) is 5.33 Å². The van der Waals surface area contributed by atoms with Crippen molar-refractivity contribution in [2.75, 3.05) is 0 Å².